The van der Waals surface area contributed by atoms with Crippen LogP contribution in [-0.2, 0) is 9.84 Å². The highest BCUT2D eigenvalue weighted by molar-refractivity contribution is 7.90. The Morgan fingerprint density at radius 1 is 1.40 bits per heavy atom. The fourth-order valence-corrected chi connectivity index (χ4v) is 2.18. The van der Waals surface area contributed by atoms with Crippen LogP contribution in [0, 0.1) is 17.0 Å². The van der Waals surface area contributed by atoms with E-state index >= 15 is 0 Å². The average Bonchev–Trinajstić information content (AvgIpc) is 2.00. The molecule has 0 spiro atoms. The number of aryl methyl sites for hydroxylation is 1. The molecule has 82 valence electrons. The van der Waals surface area contributed by atoms with Crippen molar-refractivity contribution in [3.05, 3.63) is 27.8 Å². The number of phenolic OH excluding ortho intramolecular Hbond substituents is 1. The number of nitrogens with zero attached hydrogens (tertiary/aromatic N) is 1. The van der Waals surface area contributed by atoms with Crippen LogP contribution in [0.1, 0.15) is 5.56 Å². The van der Waals surface area contributed by atoms with E-state index in [2.05, 4.69) is 0 Å². The molecule has 0 unspecified atom stereocenters. The maximum atomic E-state index is 11.2. The molecule has 0 atom stereocenters. The molecular formula is C8H9NO5S. The first kappa shape index (κ1) is 11.4. The molecule has 0 fully saturated rings. The van der Waals surface area contributed by atoms with Gasteiger partial charge in [-0.15, -0.1) is 0 Å². The van der Waals surface area contributed by atoms with Crippen LogP contribution in [-0.4, -0.2) is 24.7 Å². The van der Waals surface area contributed by atoms with Crippen molar-refractivity contribution in [2.45, 2.75) is 11.8 Å². The van der Waals surface area contributed by atoms with Crippen LogP contribution >= 0.6 is 0 Å². The van der Waals surface area contributed by atoms with Gasteiger partial charge in [0.1, 0.15) is 0 Å². The fraction of sp³-hybridized carbons (Fsp3) is 0.250. The maximum Gasteiger partial charge on any atom is 0.312 e. The monoisotopic (exact) mass is 231 g/mol. The number of rotatable bonds is 2. The molecule has 0 radical (unpaired) electrons. The number of aromatic hydroxyl groups is 1. The van der Waals surface area contributed by atoms with Crippen molar-refractivity contribution in [3.8, 4) is 5.75 Å². The highest BCUT2D eigenvalue weighted by Crippen LogP contribution is 2.30. The summed E-state index contributed by atoms with van der Waals surface area (Å²) in [7, 11) is -3.52. The molecule has 1 rings (SSSR count). The largest absolute Gasteiger partial charge is 0.502 e. The summed E-state index contributed by atoms with van der Waals surface area (Å²) in [6.45, 7) is 1.46. The summed E-state index contributed by atoms with van der Waals surface area (Å²) in [6, 6.07) is 1.93. The first-order chi connectivity index (χ1) is 6.73. The summed E-state index contributed by atoms with van der Waals surface area (Å²) in [5, 5.41) is 19.7. The number of sulfone groups is 1. The third-order valence-corrected chi connectivity index (χ3v) is 3.11. The predicted octanol–water partition coefficient (Wildman–Crippen LogP) is 1.01. The van der Waals surface area contributed by atoms with E-state index in [-0.39, 0.29) is 10.5 Å². The lowest BCUT2D eigenvalue weighted by molar-refractivity contribution is -0.386. The normalized spacial score (nSPS) is 11.3. The third-order valence-electron chi connectivity index (χ3n) is 1.87. The minimum absolute atomic E-state index is 0.146. The van der Waals surface area contributed by atoms with Crippen LogP contribution in [0.5, 0.6) is 5.75 Å². The van der Waals surface area contributed by atoms with Gasteiger partial charge >= 0.3 is 5.69 Å². The van der Waals surface area contributed by atoms with Gasteiger partial charge in [-0.3, -0.25) is 10.1 Å². The Labute approximate surface area is 86.2 Å². The molecule has 15 heavy (non-hydrogen) atoms. The van der Waals surface area contributed by atoms with Gasteiger partial charge in [-0.1, -0.05) is 0 Å². The summed E-state index contributed by atoms with van der Waals surface area (Å²) in [5.41, 5.74) is -0.332. The summed E-state index contributed by atoms with van der Waals surface area (Å²) >= 11 is 0. The summed E-state index contributed by atoms with van der Waals surface area (Å²) in [6.07, 6.45) is 0.954. The van der Waals surface area contributed by atoms with Gasteiger partial charge in [-0.2, -0.15) is 0 Å². The Balaban J connectivity index is 3.58. The minimum Gasteiger partial charge on any atom is -0.502 e. The van der Waals surface area contributed by atoms with Crippen molar-refractivity contribution in [2.24, 2.45) is 0 Å². The Bertz CT molecular complexity index is 520. The second-order valence-corrected chi connectivity index (χ2v) is 5.12. The molecule has 1 N–H and O–H groups in total. The zero-order chi connectivity index (χ0) is 11.8. The molecule has 0 saturated heterocycles. The zero-order valence-corrected chi connectivity index (χ0v) is 8.91. The van der Waals surface area contributed by atoms with Crippen LogP contribution in [0.2, 0.25) is 0 Å². The van der Waals surface area contributed by atoms with Gasteiger partial charge in [-0.25, -0.2) is 8.42 Å². The first-order valence-electron chi connectivity index (χ1n) is 3.91. The van der Waals surface area contributed by atoms with Gasteiger partial charge < -0.3 is 5.11 Å². The predicted molar refractivity (Wildman–Crippen MR) is 52.6 cm³/mol. The molecule has 0 aliphatic heterocycles. The average molecular weight is 231 g/mol. The Hall–Kier alpha value is -1.63. The first-order valence-corrected chi connectivity index (χ1v) is 5.80. The highest BCUT2D eigenvalue weighted by atomic mass is 32.2. The van der Waals surface area contributed by atoms with Crippen molar-refractivity contribution in [2.75, 3.05) is 6.26 Å². The minimum atomic E-state index is -3.52. The Morgan fingerprint density at radius 2 is 1.93 bits per heavy atom. The van der Waals surface area contributed by atoms with Gasteiger partial charge in [-0.05, 0) is 18.6 Å². The highest BCUT2D eigenvalue weighted by Gasteiger charge is 2.20. The number of nitro benzene ring substituents is 1. The summed E-state index contributed by atoms with van der Waals surface area (Å²) in [4.78, 5) is 9.49. The van der Waals surface area contributed by atoms with Crippen LogP contribution in [0.3, 0.4) is 0 Å². The molecule has 7 heteroatoms. The number of hydrogen-bond acceptors (Lipinski definition) is 5. The quantitative estimate of drug-likeness (QED) is 0.605. The van der Waals surface area contributed by atoms with E-state index in [9.17, 15) is 23.6 Å². The van der Waals surface area contributed by atoms with Crippen LogP contribution < -0.4 is 0 Å². The third kappa shape index (κ3) is 2.24. The SMILES string of the molecule is Cc1cc(O)c([N+](=O)[O-])cc1S(C)(=O)=O. The van der Waals surface area contributed by atoms with Gasteiger partial charge in [0.15, 0.2) is 15.6 Å². The van der Waals surface area contributed by atoms with E-state index in [4.69, 9.17) is 0 Å². The van der Waals surface area contributed by atoms with E-state index in [0.717, 1.165) is 18.4 Å². The van der Waals surface area contributed by atoms with Gasteiger partial charge in [0.2, 0.25) is 0 Å². The Morgan fingerprint density at radius 3 is 2.33 bits per heavy atom. The van der Waals surface area contributed by atoms with Gasteiger partial charge in [0.25, 0.3) is 0 Å². The number of benzene rings is 1. The molecule has 6 nitrogen and oxygen atoms in total. The van der Waals surface area contributed by atoms with Crippen molar-refractivity contribution in [1.29, 1.82) is 0 Å². The molecule has 0 aromatic heterocycles. The summed E-state index contributed by atoms with van der Waals surface area (Å²) < 4.78 is 22.5. The van der Waals surface area contributed by atoms with E-state index in [0.29, 0.717) is 0 Å². The standard InChI is InChI=1S/C8H9NO5S/c1-5-3-7(10)6(9(11)12)4-8(5)15(2,13)14/h3-4,10H,1-2H3. The number of nitro groups is 1. The smallest absolute Gasteiger partial charge is 0.312 e. The molecule has 0 aliphatic rings. The fourth-order valence-electron chi connectivity index (χ4n) is 1.21. The molecule has 0 heterocycles. The van der Waals surface area contributed by atoms with Crippen LogP contribution in [0.4, 0.5) is 5.69 Å². The van der Waals surface area contributed by atoms with Crippen LogP contribution in [0.25, 0.3) is 0 Å². The molecule has 1 aromatic carbocycles. The maximum absolute atomic E-state index is 11.2. The molecular weight excluding hydrogens is 222 g/mol. The molecule has 0 aliphatic carbocycles. The van der Waals surface area contributed by atoms with Gasteiger partial charge in [0, 0.05) is 12.3 Å². The summed E-state index contributed by atoms with van der Waals surface area (Å²) in [5.74, 6) is -0.537. The van der Waals surface area contributed by atoms with Crippen molar-refractivity contribution >= 4 is 15.5 Å². The van der Waals surface area contributed by atoms with E-state index in [1.807, 2.05) is 0 Å². The lowest BCUT2D eigenvalue weighted by atomic mass is 10.2. The van der Waals surface area contributed by atoms with E-state index < -0.39 is 26.2 Å². The number of hydrogen-bond donors (Lipinski definition) is 1. The molecule has 0 amide bonds. The molecule has 0 bridgehead atoms. The zero-order valence-electron chi connectivity index (χ0n) is 8.09. The topological polar surface area (TPSA) is 97.5 Å². The van der Waals surface area contributed by atoms with E-state index in [1.54, 1.807) is 0 Å². The molecule has 1 aromatic rings. The van der Waals surface area contributed by atoms with Crippen molar-refractivity contribution in [3.63, 3.8) is 0 Å². The van der Waals surface area contributed by atoms with Crippen LogP contribution in [0.15, 0.2) is 17.0 Å². The lowest BCUT2D eigenvalue weighted by Gasteiger charge is -2.04. The second kappa shape index (κ2) is 3.50. The lowest BCUT2D eigenvalue weighted by Crippen LogP contribution is -2.01. The second-order valence-electron chi connectivity index (χ2n) is 3.14. The van der Waals surface area contributed by atoms with Crippen molar-refractivity contribution in [1.82, 2.24) is 0 Å². The number of phenols is 1. The van der Waals surface area contributed by atoms with Crippen molar-refractivity contribution < 1.29 is 18.4 Å². The van der Waals surface area contributed by atoms with Gasteiger partial charge in [0.05, 0.1) is 9.82 Å². The Kier molecular flexibility index (Phi) is 2.67. The van der Waals surface area contributed by atoms with E-state index in [1.165, 1.54) is 6.92 Å². The molecule has 0 saturated carbocycles.